The van der Waals surface area contributed by atoms with Gasteiger partial charge in [0.05, 0.1) is 37.3 Å². The van der Waals surface area contributed by atoms with E-state index in [1.165, 1.54) is 0 Å². The lowest BCUT2D eigenvalue weighted by atomic mass is 9.85. The highest BCUT2D eigenvalue weighted by atomic mass is 15.1. The van der Waals surface area contributed by atoms with Gasteiger partial charge in [0, 0.05) is 11.1 Å². The molecule has 0 saturated carbocycles. The summed E-state index contributed by atoms with van der Waals surface area (Å²) < 4.78 is 132. The number of hydrogen-bond acceptors (Lipinski definition) is 1. The van der Waals surface area contributed by atoms with Crippen LogP contribution in [-0.2, 0) is 0 Å². The molecular formula is C45H30N2. The summed E-state index contributed by atoms with van der Waals surface area (Å²) in [5, 5.41) is 1.53. The highest BCUT2D eigenvalue weighted by Gasteiger charge is 2.20. The average Bonchev–Trinajstić information content (AvgIpc) is 3.66. The Morgan fingerprint density at radius 3 is 1.66 bits per heavy atom. The lowest BCUT2D eigenvalue weighted by molar-refractivity contribution is 1.10. The van der Waals surface area contributed by atoms with Gasteiger partial charge < -0.3 is 0 Å². The van der Waals surface area contributed by atoms with Crippen LogP contribution in [0.2, 0.25) is 0 Å². The fraction of sp³-hybridized carbons (Fsp3) is 0. The summed E-state index contributed by atoms with van der Waals surface area (Å²) in [4.78, 5) is 4.81. The standard InChI is InChI=1S/C45H30N2/c1-4-16-31(17-5-1)43-36-23-10-11-24-37(36)44(32-18-6-2-7-19-32)39-30-34(28-29-38(39)43)35-22-12-14-26-41(35)47-42-27-15-13-25-40(42)46-45(47)33-20-8-3-9-21-33/h1-30H/i1D,2D,3D,4D,5D,6D,7D,8D,9D,16D,17D,18D,19D,20D,21D. The number of para-hydroxylation sites is 3. The number of imidazole rings is 1. The second kappa shape index (κ2) is 11.3. The van der Waals surface area contributed by atoms with Crippen molar-refractivity contribution in [3.05, 3.63) is 182 Å². The highest BCUT2D eigenvalue weighted by molar-refractivity contribution is 6.22. The monoisotopic (exact) mass is 613 g/mol. The van der Waals surface area contributed by atoms with Crippen molar-refractivity contribution in [2.45, 2.75) is 0 Å². The molecule has 220 valence electrons. The normalized spacial score (nSPS) is 15.9. The number of benzene rings is 8. The van der Waals surface area contributed by atoms with Crippen molar-refractivity contribution < 1.29 is 20.6 Å². The third kappa shape index (κ3) is 4.54. The molecular weight excluding hydrogens is 569 g/mol. The summed E-state index contributed by atoms with van der Waals surface area (Å²) in [7, 11) is 0. The van der Waals surface area contributed by atoms with Gasteiger partial charge in [0.25, 0.3) is 0 Å². The smallest absolute Gasteiger partial charge is 0.145 e. The lowest BCUT2D eigenvalue weighted by Crippen LogP contribution is -2.00. The van der Waals surface area contributed by atoms with Gasteiger partial charge in [0.2, 0.25) is 0 Å². The van der Waals surface area contributed by atoms with E-state index in [4.69, 9.17) is 25.5 Å². The van der Waals surface area contributed by atoms with Gasteiger partial charge in [-0.2, -0.15) is 0 Å². The molecule has 0 fully saturated rings. The molecule has 1 heterocycles. The number of aromatic nitrogens is 2. The van der Waals surface area contributed by atoms with E-state index in [1.54, 1.807) is 89.5 Å². The third-order valence-electron chi connectivity index (χ3n) is 8.26. The first kappa shape index (κ1) is 15.8. The van der Waals surface area contributed by atoms with E-state index >= 15 is 0 Å². The Morgan fingerprint density at radius 2 is 0.979 bits per heavy atom. The molecule has 1 aromatic heterocycles. The first-order valence-corrected chi connectivity index (χ1v) is 14.8. The molecule has 9 rings (SSSR count). The minimum atomic E-state index is -0.579. The average molecular weight is 614 g/mol. The van der Waals surface area contributed by atoms with Crippen LogP contribution in [0.3, 0.4) is 0 Å². The van der Waals surface area contributed by atoms with Crippen LogP contribution in [0.1, 0.15) is 20.6 Å². The summed E-state index contributed by atoms with van der Waals surface area (Å²) in [5.41, 5.74) is 2.91. The number of nitrogens with zero attached hydrogens (tertiary/aromatic N) is 2. The predicted molar refractivity (Wildman–Crippen MR) is 198 cm³/mol. The molecule has 0 aliphatic rings. The first-order valence-electron chi connectivity index (χ1n) is 22.3. The Labute approximate surface area is 294 Å². The first-order chi connectivity index (χ1) is 29.6. The lowest BCUT2D eigenvalue weighted by Gasteiger charge is -2.20. The number of fused-ring (bicyclic) bond motifs is 3. The van der Waals surface area contributed by atoms with Gasteiger partial charge in [-0.25, -0.2) is 4.98 Å². The van der Waals surface area contributed by atoms with Crippen LogP contribution in [0.4, 0.5) is 0 Å². The van der Waals surface area contributed by atoms with Crippen LogP contribution in [0.15, 0.2) is 182 Å². The van der Waals surface area contributed by atoms with Gasteiger partial charge in [-0.3, -0.25) is 4.57 Å². The SMILES string of the molecule is [2H]c1c([2H])c([2H])c(-c2c3ccccc3c(-c3c([2H])c([2H])c([2H])c([2H])c3[2H])c3cc(-c4ccccc4-n4c(-c5c([2H])c([2H])c([2H])c([2H])c5[2H])nc5ccccc54)ccc23)c([2H])c1[2H]. The molecule has 0 amide bonds. The molecule has 0 saturated heterocycles. The predicted octanol–water partition coefficient (Wildman–Crippen LogP) is 12.0. The summed E-state index contributed by atoms with van der Waals surface area (Å²) in [6.07, 6.45) is 0. The topological polar surface area (TPSA) is 17.8 Å². The van der Waals surface area contributed by atoms with E-state index in [-0.39, 0.29) is 33.6 Å². The number of hydrogen-bond donors (Lipinski definition) is 0. The van der Waals surface area contributed by atoms with Crippen LogP contribution >= 0.6 is 0 Å². The van der Waals surface area contributed by atoms with E-state index in [2.05, 4.69) is 0 Å². The van der Waals surface area contributed by atoms with E-state index in [0.717, 1.165) is 0 Å². The van der Waals surface area contributed by atoms with Crippen LogP contribution in [0.5, 0.6) is 0 Å². The molecule has 0 unspecified atom stereocenters. The Balaban J connectivity index is 1.44. The maximum Gasteiger partial charge on any atom is 0.145 e. The second-order valence-electron chi connectivity index (χ2n) is 10.8. The zero-order chi connectivity index (χ0) is 44.2. The molecule has 2 nitrogen and oxygen atoms in total. The summed E-state index contributed by atoms with van der Waals surface area (Å²) in [6.45, 7) is 0. The van der Waals surface area contributed by atoms with Gasteiger partial charge in [0.15, 0.2) is 0 Å². The van der Waals surface area contributed by atoms with Crippen LogP contribution < -0.4 is 0 Å². The van der Waals surface area contributed by atoms with Crippen molar-refractivity contribution >= 4 is 32.6 Å². The summed E-state index contributed by atoms with van der Waals surface area (Å²) >= 11 is 0. The van der Waals surface area contributed by atoms with Crippen molar-refractivity contribution in [3.8, 4) is 50.5 Å². The Morgan fingerprint density at radius 1 is 0.447 bits per heavy atom. The summed E-state index contributed by atoms with van der Waals surface area (Å²) in [6, 6.07) is 18.8. The van der Waals surface area contributed by atoms with E-state index in [0.29, 0.717) is 49.4 Å². The molecule has 2 heteroatoms. The largest absolute Gasteiger partial charge is 0.292 e. The molecule has 9 aromatic rings. The molecule has 47 heavy (non-hydrogen) atoms. The van der Waals surface area contributed by atoms with E-state index in [9.17, 15) is 0 Å². The van der Waals surface area contributed by atoms with Crippen LogP contribution in [0.25, 0.3) is 83.0 Å². The third-order valence-corrected chi connectivity index (χ3v) is 8.26. The van der Waals surface area contributed by atoms with E-state index in [1.807, 2.05) is 6.07 Å². The molecule has 0 bridgehead atoms. The zero-order valence-electron chi connectivity index (χ0n) is 39.6. The molecule has 0 aliphatic carbocycles. The minimum Gasteiger partial charge on any atom is -0.292 e. The van der Waals surface area contributed by atoms with E-state index < -0.39 is 90.6 Å². The Bertz CT molecular complexity index is 3350. The second-order valence-corrected chi connectivity index (χ2v) is 10.8. The van der Waals surface area contributed by atoms with Crippen molar-refractivity contribution in [1.29, 1.82) is 0 Å². The van der Waals surface area contributed by atoms with Crippen molar-refractivity contribution in [2.24, 2.45) is 0 Å². The minimum absolute atomic E-state index is 0.0777. The van der Waals surface area contributed by atoms with Crippen LogP contribution in [0, 0.1) is 0 Å². The maximum atomic E-state index is 9.11. The Hall–Kier alpha value is -6.25. The van der Waals surface area contributed by atoms with Crippen LogP contribution in [-0.4, -0.2) is 9.55 Å². The Kier molecular flexibility index (Phi) is 3.80. The number of rotatable bonds is 5. The summed E-state index contributed by atoms with van der Waals surface area (Å²) in [5.74, 6) is 0.0886. The van der Waals surface area contributed by atoms with Crippen molar-refractivity contribution in [1.82, 2.24) is 9.55 Å². The van der Waals surface area contributed by atoms with Gasteiger partial charge in [0.1, 0.15) is 5.82 Å². The maximum absolute atomic E-state index is 9.11. The van der Waals surface area contributed by atoms with Crippen molar-refractivity contribution in [3.63, 3.8) is 0 Å². The molecule has 0 radical (unpaired) electrons. The van der Waals surface area contributed by atoms with Crippen molar-refractivity contribution in [2.75, 3.05) is 0 Å². The fourth-order valence-corrected chi connectivity index (χ4v) is 6.35. The molecule has 0 spiro atoms. The molecule has 0 N–H and O–H groups in total. The van der Waals surface area contributed by atoms with Gasteiger partial charge >= 0.3 is 0 Å². The fourth-order valence-electron chi connectivity index (χ4n) is 6.35. The highest BCUT2D eigenvalue weighted by Crippen LogP contribution is 2.45. The van der Waals surface area contributed by atoms with Gasteiger partial charge in [-0.05, 0) is 73.6 Å². The molecule has 0 aliphatic heterocycles. The van der Waals surface area contributed by atoms with Gasteiger partial charge in [-0.15, -0.1) is 0 Å². The molecule has 0 atom stereocenters. The molecule has 8 aromatic carbocycles. The quantitative estimate of drug-likeness (QED) is 0.177. The van der Waals surface area contributed by atoms with Gasteiger partial charge in [-0.1, -0.05) is 157 Å². The zero-order valence-corrected chi connectivity index (χ0v) is 24.6.